The molecule has 0 N–H and O–H groups in total. The summed E-state index contributed by atoms with van der Waals surface area (Å²) >= 11 is 2.19. The van der Waals surface area contributed by atoms with Crippen LogP contribution >= 0.6 is 22.7 Å². The predicted molar refractivity (Wildman–Crippen MR) is 195 cm³/mol. The number of fused-ring (bicyclic) bond motifs is 1. The molecule has 0 aliphatic heterocycles. The fourth-order valence-corrected chi connectivity index (χ4v) is 8.31. The summed E-state index contributed by atoms with van der Waals surface area (Å²) in [5.74, 6) is -14.6. The summed E-state index contributed by atoms with van der Waals surface area (Å²) < 4.78 is 106. The Morgan fingerprint density at radius 3 is 1.60 bits per heavy atom. The van der Waals surface area contributed by atoms with Crippen LogP contribution in [0, 0.1) is 20.8 Å². The van der Waals surface area contributed by atoms with Gasteiger partial charge in [-0.15, -0.1) is 22.7 Å². The Bertz CT molecular complexity index is 2180. The molecule has 258 valence electrons. The average Bonchev–Trinajstić information content (AvgIpc) is 3.60. The number of alkyl halides is 6. The van der Waals surface area contributed by atoms with E-state index in [9.17, 15) is 0 Å². The molecule has 0 amide bonds. The second kappa shape index (κ2) is 13.3. The van der Waals surface area contributed by atoms with E-state index in [2.05, 4.69) is 0 Å². The van der Waals surface area contributed by atoms with Crippen LogP contribution in [0.15, 0.2) is 78.9 Å². The van der Waals surface area contributed by atoms with Crippen LogP contribution in [-0.4, -0.2) is 32.0 Å². The number of thiophene rings is 2. The lowest BCUT2D eigenvalue weighted by molar-refractivity contribution is -0.254. The van der Waals surface area contributed by atoms with Gasteiger partial charge in [0, 0.05) is 47.0 Å². The van der Waals surface area contributed by atoms with Gasteiger partial charge in [0.15, 0.2) is 0 Å². The van der Waals surface area contributed by atoms with Crippen molar-refractivity contribution in [2.45, 2.75) is 38.5 Å². The Hall–Kier alpha value is -4.54. The molecule has 1 aliphatic rings. The first-order valence-electron chi connectivity index (χ1n) is 15.5. The van der Waals surface area contributed by atoms with Crippen LogP contribution in [0.25, 0.3) is 45.5 Å². The first kappa shape index (κ1) is 35.3. The molecule has 2 nitrogen and oxygen atoms in total. The highest BCUT2D eigenvalue weighted by molar-refractivity contribution is 7.19. The summed E-state index contributed by atoms with van der Waals surface area (Å²) in [7, 11) is 3.12. The first-order valence-corrected chi connectivity index (χ1v) is 17.2. The summed E-state index contributed by atoms with van der Waals surface area (Å²) in [5, 5.41) is 0.208. The molecule has 2 aromatic heterocycles. The molecule has 3 aromatic carbocycles. The van der Waals surface area contributed by atoms with Gasteiger partial charge in [0.1, 0.15) is 11.5 Å². The average molecular weight is 723 g/mol. The number of ether oxygens (including phenoxy) is 2. The van der Waals surface area contributed by atoms with Crippen LogP contribution in [0.4, 0.5) is 26.3 Å². The van der Waals surface area contributed by atoms with Gasteiger partial charge in [-0.25, -0.2) is 0 Å². The van der Waals surface area contributed by atoms with E-state index in [0.29, 0.717) is 20.9 Å². The molecule has 1 aliphatic carbocycles. The number of hydrogen-bond donors (Lipinski definition) is 0. The van der Waals surface area contributed by atoms with Gasteiger partial charge in [-0.2, -0.15) is 26.3 Å². The quantitative estimate of drug-likeness (QED) is 0.111. The van der Waals surface area contributed by atoms with Crippen LogP contribution in [0.2, 0.25) is 0 Å². The minimum absolute atomic E-state index is 0.208. The summed E-state index contributed by atoms with van der Waals surface area (Å²) in [6, 6.07) is 19.5. The Balaban J connectivity index is 1.46. The smallest absolute Gasteiger partial charge is 0.380 e. The topological polar surface area (TPSA) is 18.5 Å². The van der Waals surface area contributed by atoms with Crippen molar-refractivity contribution in [2.24, 2.45) is 0 Å². The lowest BCUT2D eigenvalue weighted by atomic mass is 9.91. The molecule has 0 radical (unpaired) electrons. The predicted octanol–water partition coefficient (Wildman–Crippen LogP) is 12.6. The summed E-state index contributed by atoms with van der Waals surface area (Å²) in [4.78, 5) is 0.977. The van der Waals surface area contributed by atoms with Crippen LogP contribution < -0.4 is 9.47 Å². The lowest BCUT2D eigenvalue weighted by Crippen LogP contribution is -2.49. The van der Waals surface area contributed by atoms with Gasteiger partial charge in [0.05, 0.1) is 14.2 Å². The maximum atomic E-state index is 16.0. The molecule has 2 heterocycles. The standard InChI is InChI=1S/C40H32F6O2S2/c1-23-32(20-14-27-12-18-30(48-5)19-13-27)49-24(2)34(23)36-37(39(43,44)40(45,46)38(36,41)42)35-25(3)50-33-21-15-28(22-31(33)35)9-7-6-8-26-10-16-29(47-4)17-11-26/h6-22H,1-5H3. The zero-order valence-electron chi connectivity index (χ0n) is 27.7. The van der Waals surface area contributed by atoms with Gasteiger partial charge in [-0.3, -0.25) is 0 Å². The number of hydrogen-bond acceptors (Lipinski definition) is 4. The highest BCUT2D eigenvalue weighted by Crippen LogP contribution is 2.66. The number of methoxy groups -OCH3 is 2. The van der Waals surface area contributed by atoms with E-state index >= 15 is 26.3 Å². The molecule has 0 spiro atoms. The van der Waals surface area contributed by atoms with Gasteiger partial charge in [0.25, 0.3) is 0 Å². The third-order valence-electron chi connectivity index (χ3n) is 8.76. The maximum Gasteiger partial charge on any atom is 0.380 e. The Labute approximate surface area is 294 Å². The van der Waals surface area contributed by atoms with Gasteiger partial charge >= 0.3 is 17.8 Å². The monoisotopic (exact) mass is 722 g/mol. The minimum atomic E-state index is -5.66. The van der Waals surface area contributed by atoms with E-state index in [1.54, 1.807) is 87.1 Å². The Kier molecular flexibility index (Phi) is 9.39. The second-order valence-electron chi connectivity index (χ2n) is 11.9. The van der Waals surface area contributed by atoms with Crippen LogP contribution in [0.3, 0.4) is 0 Å². The van der Waals surface area contributed by atoms with Gasteiger partial charge in [-0.05, 0) is 85.5 Å². The Morgan fingerprint density at radius 2 is 1.04 bits per heavy atom. The molecule has 5 aromatic rings. The van der Waals surface area contributed by atoms with Crippen molar-refractivity contribution >= 4 is 68.2 Å². The number of aryl methyl sites for hydroxylation is 2. The van der Waals surface area contributed by atoms with Crippen molar-refractivity contribution in [2.75, 3.05) is 14.2 Å². The molecule has 0 atom stereocenters. The molecule has 50 heavy (non-hydrogen) atoms. The van der Waals surface area contributed by atoms with Crippen molar-refractivity contribution in [3.63, 3.8) is 0 Å². The number of rotatable bonds is 9. The molecule has 0 unspecified atom stereocenters. The SMILES string of the molecule is COc1ccc(C=CC=Cc2ccc3sc(C)c(C4=C(c5c(C)sc(C=Cc6ccc(OC)cc6)c5C)C(F)(F)C(F)(F)C4(F)F)c3c2)cc1. The number of allylic oxidation sites excluding steroid dienone is 4. The van der Waals surface area contributed by atoms with Crippen LogP contribution in [-0.2, 0) is 0 Å². The van der Waals surface area contributed by atoms with E-state index in [1.165, 1.54) is 20.8 Å². The lowest BCUT2D eigenvalue weighted by Gasteiger charge is -2.26. The van der Waals surface area contributed by atoms with Crippen molar-refractivity contribution in [1.29, 1.82) is 0 Å². The number of benzene rings is 3. The van der Waals surface area contributed by atoms with E-state index in [1.807, 2.05) is 30.3 Å². The van der Waals surface area contributed by atoms with E-state index in [0.717, 1.165) is 39.5 Å². The van der Waals surface area contributed by atoms with E-state index in [-0.39, 0.29) is 31.8 Å². The highest BCUT2D eigenvalue weighted by Gasteiger charge is 2.80. The molecule has 0 bridgehead atoms. The molecule has 6 rings (SSSR count). The normalized spacial score (nSPS) is 16.9. The maximum absolute atomic E-state index is 16.0. The highest BCUT2D eigenvalue weighted by atomic mass is 32.1. The van der Waals surface area contributed by atoms with E-state index in [4.69, 9.17) is 9.47 Å². The van der Waals surface area contributed by atoms with Crippen LogP contribution in [0.5, 0.6) is 11.5 Å². The molecule has 0 saturated heterocycles. The molecular formula is C40H32F6O2S2. The zero-order valence-corrected chi connectivity index (χ0v) is 29.3. The molecule has 0 fully saturated rings. The fraction of sp³-hybridized carbons (Fsp3) is 0.200. The van der Waals surface area contributed by atoms with E-state index < -0.39 is 28.9 Å². The molecule has 10 heteroatoms. The summed E-state index contributed by atoms with van der Waals surface area (Å²) in [5.41, 5.74) is -0.700. The minimum Gasteiger partial charge on any atom is -0.497 e. The summed E-state index contributed by atoms with van der Waals surface area (Å²) in [6.45, 7) is 4.50. The first-order chi connectivity index (χ1) is 23.7. The van der Waals surface area contributed by atoms with Crippen molar-refractivity contribution in [3.8, 4) is 11.5 Å². The third-order valence-corrected chi connectivity index (χ3v) is 11.0. The number of halogens is 6. The molecular weight excluding hydrogens is 691 g/mol. The summed E-state index contributed by atoms with van der Waals surface area (Å²) in [6.07, 6.45) is 10.6. The van der Waals surface area contributed by atoms with Crippen LogP contribution in [0.1, 0.15) is 48.0 Å². The van der Waals surface area contributed by atoms with Gasteiger partial charge < -0.3 is 9.47 Å². The fourth-order valence-electron chi connectivity index (χ4n) is 6.18. The third kappa shape index (κ3) is 5.98. The molecule has 0 saturated carbocycles. The zero-order chi connectivity index (χ0) is 36.0. The van der Waals surface area contributed by atoms with Crippen molar-refractivity contribution in [3.05, 3.63) is 127 Å². The second-order valence-corrected chi connectivity index (χ2v) is 14.4. The largest absolute Gasteiger partial charge is 0.497 e. The Morgan fingerprint density at radius 1 is 0.560 bits per heavy atom. The van der Waals surface area contributed by atoms with Gasteiger partial charge in [0.2, 0.25) is 0 Å². The van der Waals surface area contributed by atoms with Crippen molar-refractivity contribution < 1.29 is 35.8 Å². The van der Waals surface area contributed by atoms with Crippen molar-refractivity contribution in [1.82, 2.24) is 0 Å². The van der Waals surface area contributed by atoms with Gasteiger partial charge in [-0.1, -0.05) is 60.7 Å².